The van der Waals surface area contributed by atoms with Crippen LogP contribution < -0.4 is 15.0 Å². The van der Waals surface area contributed by atoms with E-state index in [0.717, 1.165) is 12.1 Å². The van der Waals surface area contributed by atoms with E-state index in [1.54, 1.807) is 4.90 Å². The van der Waals surface area contributed by atoms with Gasteiger partial charge in [0.25, 0.3) is 0 Å². The van der Waals surface area contributed by atoms with E-state index >= 15 is 0 Å². The molecule has 0 spiro atoms. The first kappa shape index (κ1) is 18.3. The topological polar surface area (TPSA) is 58.6 Å². The van der Waals surface area contributed by atoms with Gasteiger partial charge in [0.15, 0.2) is 0 Å². The normalized spacial score (nSPS) is 16.9. The molecule has 0 aromatic heterocycles. The third-order valence-electron chi connectivity index (χ3n) is 4.05. The molecule has 1 heterocycles. The zero-order chi connectivity index (χ0) is 18.1. The lowest BCUT2D eigenvalue weighted by molar-refractivity contribution is -0.127. The fourth-order valence-electron chi connectivity index (χ4n) is 2.49. The minimum Gasteiger partial charge on any atom is -0.490 e. The van der Waals surface area contributed by atoms with Crippen molar-refractivity contribution < 1.29 is 14.3 Å². The third-order valence-corrected chi connectivity index (χ3v) is 4.05. The fourth-order valence-corrected chi connectivity index (χ4v) is 2.49. The Bertz CT molecular complexity index is 645. The number of anilines is 2. The molecular weight excluding hydrogens is 304 g/mol. The Morgan fingerprint density at radius 2 is 2.00 bits per heavy atom. The lowest BCUT2D eigenvalue weighted by atomic mass is 9.93. The number of benzene rings is 1. The van der Waals surface area contributed by atoms with Crippen molar-refractivity contribution in [1.82, 2.24) is 0 Å². The summed E-state index contributed by atoms with van der Waals surface area (Å²) < 4.78 is 5.86. The number of ether oxygens (including phenoxy) is 1. The molecule has 132 valence electrons. The molecule has 0 bridgehead atoms. The molecule has 0 radical (unpaired) electrons. The average molecular weight is 332 g/mol. The third kappa shape index (κ3) is 3.71. The Morgan fingerprint density at radius 3 is 2.58 bits per heavy atom. The van der Waals surface area contributed by atoms with Crippen LogP contribution in [-0.2, 0) is 9.59 Å². The van der Waals surface area contributed by atoms with Gasteiger partial charge in [-0.2, -0.15) is 0 Å². The molecule has 1 aromatic rings. The number of hydrogen-bond donors (Lipinski definition) is 1. The fraction of sp³-hybridized carbons (Fsp3) is 0.579. The van der Waals surface area contributed by atoms with Crippen molar-refractivity contribution in [2.45, 2.75) is 48.0 Å². The molecule has 24 heavy (non-hydrogen) atoms. The predicted molar refractivity (Wildman–Crippen MR) is 96.4 cm³/mol. The second kappa shape index (κ2) is 6.46. The monoisotopic (exact) mass is 332 g/mol. The lowest BCUT2D eigenvalue weighted by Gasteiger charge is -2.28. The molecule has 1 aliphatic rings. The first-order valence-electron chi connectivity index (χ1n) is 8.46. The minimum atomic E-state index is -0.580. The zero-order valence-electron chi connectivity index (χ0n) is 15.5. The molecule has 1 aromatic carbocycles. The summed E-state index contributed by atoms with van der Waals surface area (Å²) in [6, 6.07) is 5.47. The van der Waals surface area contributed by atoms with Gasteiger partial charge in [0, 0.05) is 17.6 Å². The molecule has 2 rings (SSSR count). The van der Waals surface area contributed by atoms with Crippen LogP contribution in [0.1, 0.15) is 48.0 Å². The number of hydrogen-bond acceptors (Lipinski definition) is 3. The molecular formula is C19H28N2O3. The summed E-state index contributed by atoms with van der Waals surface area (Å²) >= 11 is 0. The van der Waals surface area contributed by atoms with Crippen LogP contribution in [0.25, 0.3) is 0 Å². The van der Waals surface area contributed by atoms with Gasteiger partial charge in [-0.15, -0.1) is 0 Å². The van der Waals surface area contributed by atoms with Crippen molar-refractivity contribution in [3.05, 3.63) is 18.2 Å². The number of amides is 2. The van der Waals surface area contributed by atoms with Gasteiger partial charge in [-0.1, -0.05) is 27.7 Å². The Labute approximate surface area is 144 Å². The van der Waals surface area contributed by atoms with Crippen LogP contribution in [0.2, 0.25) is 0 Å². The van der Waals surface area contributed by atoms with Gasteiger partial charge in [-0.05, 0) is 38.5 Å². The highest BCUT2D eigenvalue weighted by Crippen LogP contribution is 2.38. The highest BCUT2D eigenvalue weighted by Gasteiger charge is 2.37. The van der Waals surface area contributed by atoms with E-state index in [-0.39, 0.29) is 11.8 Å². The van der Waals surface area contributed by atoms with Gasteiger partial charge in [0.05, 0.1) is 11.1 Å². The molecule has 5 heteroatoms. The van der Waals surface area contributed by atoms with E-state index in [0.29, 0.717) is 24.6 Å². The van der Waals surface area contributed by atoms with Gasteiger partial charge >= 0.3 is 0 Å². The van der Waals surface area contributed by atoms with Crippen LogP contribution in [0.15, 0.2) is 18.2 Å². The Morgan fingerprint density at radius 1 is 1.33 bits per heavy atom. The van der Waals surface area contributed by atoms with Crippen molar-refractivity contribution in [2.24, 2.45) is 10.8 Å². The van der Waals surface area contributed by atoms with Crippen LogP contribution in [-0.4, -0.2) is 25.0 Å². The van der Waals surface area contributed by atoms with Crippen LogP contribution >= 0.6 is 0 Å². The highest BCUT2D eigenvalue weighted by atomic mass is 16.5. The largest absolute Gasteiger partial charge is 0.490 e. The predicted octanol–water partition coefficient (Wildman–Crippen LogP) is 3.83. The number of carbonyl (C=O) groups is 2. The van der Waals surface area contributed by atoms with Crippen molar-refractivity contribution >= 4 is 23.2 Å². The maximum absolute atomic E-state index is 12.9. The summed E-state index contributed by atoms with van der Waals surface area (Å²) in [5, 5.41) is 2.92. The molecule has 2 amide bonds. The molecule has 0 saturated carbocycles. The second-order valence-electron chi connectivity index (χ2n) is 8.02. The summed E-state index contributed by atoms with van der Waals surface area (Å²) in [7, 11) is 0. The Balaban J connectivity index is 2.40. The number of rotatable bonds is 3. The van der Waals surface area contributed by atoms with E-state index < -0.39 is 10.8 Å². The van der Waals surface area contributed by atoms with Crippen LogP contribution in [0.3, 0.4) is 0 Å². The molecule has 0 fully saturated rings. The quantitative estimate of drug-likeness (QED) is 0.915. The molecule has 0 saturated heterocycles. The maximum atomic E-state index is 12.9. The van der Waals surface area contributed by atoms with E-state index in [4.69, 9.17) is 4.74 Å². The highest BCUT2D eigenvalue weighted by molar-refractivity contribution is 6.01. The molecule has 1 aliphatic heterocycles. The van der Waals surface area contributed by atoms with E-state index in [2.05, 4.69) is 5.32 Å². The molecule has 0 atom stereocenters. The SMILES string of the molecule is CCCN1C(=O)C(C)(C)COc2ccc(NC(=O)C(C)(C)C)cc21. The first-order chi connectivity index (χ1) is 11.1. The average Bonchev–Trinajstić information content (AvgIpc) is 2.57. The van der Waals surface area contributed by atoms with Gasteiger partial charge in [-0.3, -0.25) is 9.59 Å². The summed E-state index contributed by atoms with van der Waals surface area (Å²) in [6.07, 6.45) is 0.847. The van der Waals surface area contributed by atoms with Crippen LogP contribution in [0.5, 0.6) is 5.75 Å². The first-order valence-corrected chi connectivity index (χ1v) is 8.46. The van der Waals surface area contributed by atoms with E-state index in [9.17, 15) is 9.59 Å². The maximum Gasteiger partial charge on any atom is 0.236 e. The van der Waals surface area contributed by atoms with Gasteiger partial charge in [0.2, 0.25) is 11.8 Å². The number of carbonyl (C=O) groups excluding carboxylic acids is 2. The van der Waals surface area contributed by atoms with E-state index in [1.165, 1.54) is 0 Å². The zero-order valence-corrected chi connectivity index (χ0v) is 15.5. The van der Waals surface area contributed by atoms with Gasteiger partial charge in [-0.25, -0.2) is 0 Å². The van der Waals surface area contributed by atoms with Gasteiger partial charge in [0.1, 0.15) is 12.4 Å². The van der Waals surface area contributed by atoms with Crippen molar-refractivity contribution in [1.29, 1.82) is 0 Å². The molecule has 1 N–H and O–H groups in total. The van der Waals surface area contributed by atoms with Crippen molar-refractivity contribution in [3.8, 4) is 5.75 Å². The van der Waals surface area contributed by atoms with Gasteiger partial charge < -0.3 is 15.0 Å². The standard InChI is InChI=1S/C19H28N2O3/c1-7-10-21-14-11-13(20-16(22)18(2,3)4)8-9-15(14)24-12-19(5,6)17(21)23/h8-9,11H,7,10,12H2,1-6H3,(H,20,22). The van der Waals surface area contributed by atoms with Crippen molar-refractivity contribution in [3.63, 3.8) is 0 Å². The summed E-state index contributed by atoms with van der Waals surface area (Å²) in [6.45, 7) is 12.4. The number of nitrogens with zero attached hydrogens (tertiary/aromatic N) is 1. The lowest BCUT2D eigenvalue weighted by Crippen LogP contribution is -2.42. The number of nitrogens with one attached hydrogen (secondary N) is 1. The summed E-state index contributed by atoms with van der Waals surface area (Å²) in [5.74, 6) is 0.657. The van der Waals surface area contributed by atoms with Crippen molar-refractivity contribution in [2.75, 3.05) is 23.4 Å². The molecule has 5 nitrogen and oxygen atoms in total. The van der Waals surface area contributed by atoms with E-state index in [1.807, 2.05) is 59.7 Å². The molecule has 0 unspecified atom stereocenters. The second-order valence-corrected chi connectivity index (χ2v) is 8.02. The summed E-state index contributed by atoms with van der Waals surface area (Å²) in [4.78, 5) is 26.9. The molecule has 0 aliphatic carbocycles. The van der Waals surface area contributed by atoms with Crippen LogP contribution in [0.4, 0.5) is 11.4 Å². The smallest absolute Gasteiger partial charge is 0.236 e. The minimum absolute atomic E-state index is 0.0439. The Kier molecular flexibility index (Phi) is 4.92. The van der Waals surface area contributed by atoms with Crippen LogP contribution in [0, 0.1) is 10.8 Å². The Hall–Kier alpha value is -2.04. The number of fused-ring (bicyclic) bond motifs is 1. The summed E-state index contributed by atoms with van der Waals surface area (Å²) in [5.41, 5.74) is 0.331.